The number of aliphatic hydroxyl groups is 1. The number of nitrogens with two attached hydrogens (primary N) is 1. The van der Waals surface area contributed by atoms with E-state index in [-0.39, 0.29) is 30.0 Å². The van der Waals surface area contributed by atoms with Gasteiger partial charge in [-0.3, -0.25) is 19.0 Å². The number of hydrogen-bond donors (Lipinski definition) is 2. The SMILES string of the molecule is Nc1ncnc2c1ncn2C1CC(ON2C(=O)c3ccccc3C2=O)C(CO)O1. The Morgan fingerprint density at radius 2 is 1.90 bits per heavy atom. The Bertz CT molecular complexity index is 1100. The number of carbonyl (C=O) groups excluding carboxylic acids is 2. The maximum Gasteiger partial charge on any atom is 0.285 e. The fourth-order valence-electron chi connectivity index (χ4n) is 3.63. The predicted octanol–water partition coefficient (Wildman–Crippen LogP) is 0.285. The zero-order chi connectivity index (χ0) is 20.1. The van der Waals surface area contributed by atoms with Gasteiger partial charge >= 0.3 is 0 Å². The second kappa shape index (κ2) is 6.58. The molecule has 2 aliphatic heterocycles. The van der Waals surface area contributed by atoms with Gasteiger partial charge in [0.1, 0.15) is 30.3 Å². The molecule has 11 heteroatoms. The third kappa shape index (κ3) is 2.67. The summed E-state index contributed by atoms with van der Waals surface area (Å²) in [6, 6.07) is 6.49. The van der Waals surface area contributed by atoms with E-state index in [1.54, 1.807) is 28.8 Å². The van der Waals surface area contributed by atoms with Crippen molar-refractivity contribution in [3.63, 3.8) is 0 Å². The van der Waals surface area contributed by atoms with E-state index >= 15 is 0 Å². The number of nitrogens with zero attached hydrogens (tertiary/aromatic N) is 5. The van der Waals surface area contributed by atoms with E-state index in [0.29, 0.717) is 11.2 Å². The Labute approximate surface area is 163 Å². The molecule has 5 rings (SSSR count). The predicted molar refractivity (Wildman–Crippen MR) is 97.2 cm³/mol. The molecule has 3 N–H and O–H groups in total. The maximum absolute atomic E-state index is 12.5. The molecule has 0 aliphatic carbocycles. The van der Waals surface area contributed by atoms with E-state index in [1.807, 2.05) is 0 Å². The summed E-state index contributed by atoms with van der Waals surface area (Å²) >= 11 is 0. The standard InChI is InChI=1S/C18H16N6O5/c19-15-14-16(21-7-20-15)23(8-22-14)13-5-11(12(6-25)28-13)29-24-17(26)9-3-1-2-4-10(9)18(24)27/h1-4,7-8,11-13,25H,5-6H2,(H2,19,20,21). The van der Waals surface area contributed by atoms with E-state index in [9.17, 15) is 14.7 Å². The fourth-order valence-corrected chi connectivity index (χ4v) is 3.63. The van der Waals surface area contributed by atoms with Crippen LogP contribution in [0, 0.1) is 0 Å². The molecule has 1 saturated heterocycles. The minimum atomic E-state index is -0.749. The van der Waals surface area contributed by atoms with Crippen LogP contribution in [0.3, 0.4) is 0 Å². The van der Waals surface area contributed by atoms with Crippen LogP contribution in [-0.2, 0) is 9.57 Å². The van der Waals surface area contributed by atoms with Crippen molar-refractivity contribution in [3.8, 4) is 0 Å². The molecule has 148 valence electrons. The van der Waals surface area contributed by atoms with E-state index in [2.05, 4.69) is 15.0 Å². The number of benzene rings is 1. The number of amides is 2. The van der Waals surface area contributed by atoms with Crippen LogP contribution in [0.1, 0.15) is 33.4 Å². The number of anilines is 1. The molecule has 2 aromatic heterocycles. The average Bonchev–Trinajstić information content (AvgIpc) is 3.40. The molecule has 3 aromatic rings. The van der Waals surface area contributed by atoms with Crippen LogP contribution in [0.25, 0.3) is 11.2 Å². The molecule has 3 atom stereocenters. The highest BCUT2D eigenvalue weighted by atomic mass is 16.7. The lowest BCUT2D eigenvalue weighted by atomic mass is 10.1. The highest BCUT2D eigenvalue weighted by molar-refractivity contribution is 6.20. The molecule has 0 radical (unpaired) electrons. The minimum absolute atomic E-state index is 0.240. The minimum Gasteiger partial charge on any atom is -0.394 e. The Kier molecular flexibility index (Phi) is 4.01. The van der Waals surface area contributed by atoms with Crippen molar-refractivity contribution in [2.24, 2.45) is 0 Å². The topological polar surface area (TPSA) is 146 Å². The van der Waals surface area contributed by atoms with Crippen molar-refractivity contribution < 1.29 is 24.3 Å². The fraction of sp³-hybridized carbons (Fsp3) is 0.278. The summed E-state index contributed by atoms with van der Waals surface area (Å²) < 4.78 is 7.53. The lowest BCUT2D eigenvalue weighted by Crippen LogP contribution is -2.39. The van der Waals surface area contributed by atoms with Crippen LogP contribution in [0.5, 0.6) is 0 Å². The number of fused-ring (bicyclic) bond motifs is 2. The van der Waals surface area contributed by atoms with Gasteiger partial charge in [0, 0.05) is 6.42 Å². The monoisotopic (exact) mass is 396 g/mol. The van der Waals surface area contributed by atoms with Gasteiger partial charge in [0.15, 0.2) is 11.5 Å². The number of aliphatic hydroxyl groups excluding tert-OH is 1. The Hall–Kier alpha value is -3.41. The van der Waals surface area contributed by atoms with E-state index < -0.39 is 30.3 Å². The summed E-state index contributed by atoms with van der Waals surface area (Å²) in [4.78, 5) is 43.1. The normalized spacial score (nSPS) is 23.9. The molecule has 1 aromatic carbocycles. The van der Waals surface area contributed by atoms with Crippen LogP contribution in [0.4, 0.5) is 5.82 Å². The summed E-state index contributed by atoms with van der Waals surface area (Å²) in [5.41, 5.74) is 7.28. The third-order valence-corrected chi connectivity index (χ3v) is 5.06. The Balaban J connectivity index is 1.40. The van der Waals surface area contributed by atoms with Gasteiger partial charge in [0.05, 0.1) is 24.1 Å². The quantitative estimate of drug-likeness (QED) is 0.594. The molecule has 3 unspecified atom stereocenters. The zero-order valence-electron chi connectivity index (χ0n) is 15.0. The van der Waals surface area contributed by atoms with Crippen molar-refractivity contribution >= 4 is 28.8 Å². The van der Waals surface area contributed by atoms with Crippen LogP contribution in [-0.4, -0.2) is 60.3 Å². The van der Waals surface area contributed by atoms with Gasteiger partial charge in [0.2, 0.25) is 0 Å². The number of hydrogen-bond acceptors (Lipinski definition) is 9. The van der Waals surface area contributed by atoms with Gasteiger partial charge < -0.3 is 15.6 Å². The average molecular weight is 396 g/mol. The van der Waals surface area contributed by atoms with E-state index in [4.69, 9.17) is 15.3 Å². The van der Waals surface area contributed by atoms with E-state index in [1.165, 1.54) is 12.7 Å². The van der Waals surface area contributed by atoms with Crippen LogP contribution < -0.4 is 5.73 Å². The Morgan fingerprint density at radius 1 is 1.17 bits per heavy atom. The highest BCUT2D eigenvalue weighted by Gasteiger charge is 2.44. The van der Waals surface area contributed by atoms with Crippen molar-refractivity contribution in [1.82, 2.24) is 24.6 Å². The molecular weight excluding hydrogens is 380 g/mol. The van der Waals surface area contributed by atoms with Crippen molar-refractivity contribution in [2.45, 2.75) is 24.9 Å². The molecule has 11 nitrogen and oxygen atoms in total. The largest absolute Gasteiger partial charge is 0.394 e. The Morgan fingerprint density at radius 3 is 2.59 bits per heavy atom. The summed E-state index contributed by atoms with van der Waals surface area (Å²) in [7, 11) is 0. The molecule has 4 heterocycles. The molecule has 1 fully saturated rings. The number of hydroxylamine groups is 2. The van der Waals surface area contributed by atoms with Gasteiger partial charge in [-0.2, -0.15) is 0 Å². The van der Waals surface area contributed by atoms with Crippen molar-refractivity contribution in [2.75, 3.05) is 12.3 Å². The first-order valence-electron chi connectivity index (χ1n) is 8.92. The first-order valence-corrected chi connectivity index (χ1v) is 8.92. The number of carbonyl (C=O) groups is 2. The molecule has 29 heavy (non-hydrogen) atoms. The van der Waals surface area contributed by atoms with Crippen LogP contribution in [0.2, 0.25) is 0 Å². The van der Waals surface area contributed by atoms with E-state index in [0.717, 1.165) is 5.06 Å². The molecule has 0 spiro atoms. The summed E-state index contributed by atoms with van der Waals surface area (Å²) in [5, 5.41) is 10.5. The van der Waals surface area contributed by atoms with Gasteiger partial charge in [-0.1, -0.05) is 12.1 Å². The second-order valence-electron chi connectivity index (χ2n) is 6.72. The zero-order valence-corrected chi connectivity index (χ0v) is 15.0. The third-order valence-electron chi connectivity index (χ3n) is 5.06. The summed E-state index contributed by atoms with van der Waals surface area (Å²) in [5.74, 6) is -0.844. The second-order valence-corrected chi connectivity index (χ2v) is 6.72. The molecule has 0 bridgehead atoms. The summed E-state index contributed by atoms with van der Waals surface area (Å²) in [6.07, 6.45) is 1.03. The van der Waals surface area contributed by atoms with Gasteiger partial charge in [0.25, 0.3) is 11.8 Å². The first kappa shape index (κ1) is 17.7. The van der Waals surface area contributed by atoms with Gasteiger partial charge in [-0.05, 0) is 12.1 Å². The maximum atomic E-state index is 12.5. The number of imide groups is 1. The van der Waals surface area contributed by atoms with Gasteiger partial charge in [-0.15, -0.1) is 5.06 Å². The number of ether oxygens (including phenoxy) is 1. The molecule has 2 amide bonds. The molecule has 0 saturated carbocycles. The lowest BCUT2D eigenvalue weighted by Gasteiger charge is -2.21. The molecular formula is C18H16N6O5. The first-order chi connectivity index (χ1) is 14.1. The van der Waals surface area contributed by atoms with Crippen molar-refractivity contribution in [1.29, 1.82) is 0 Å². The number of aromatic nitrogens is 4. The number of imidazole rings is 1. The lowest BCUT2D eigenvalue weighted by molar-refractivity contribution is -0.155. The highest BCUT2D eigenvalue weighted by Crippen LogP contribution is 2.35. The molecule has 2 aliphatic rings. The van der Waals surface area contributed by atoms with Crippen molar-refractivity contribution in [3.05, 3.63) is 48.0 Å². The smallest absolute Gasteiger partial charge is 0.285 e. The summed E-state index contributed by atoms with van der Waals surface area (Å²) in [6.45, 7) is -0.353. The number of nitrogen functional groups attached to an aromatic ring is 1. The van der Waals surface area contributed by atoms with Crippen LogP contribution >= 0.6 is 0 Å². The van der Waals surface area contributed by atoms with Crippen LogP contribution in [0.15, 0.2) is 36.9 Å². The van der Waals surface area contributed by atoms with Gasteiger partial charge in [-0.25, -0.2) is 15.0 Å². The number of rotatable bonds is 4.